The van der Waals surface area contributed by atoms with Crippen LogP contribution >= 0.6 is 11.6 Å². The van der Waals surface area contributed by atoms with Crippen molar-refractivity contribution in [2.75, 3.05) is 33.1 Å². The van der Waals surface area contributed by atoms with Crippen LogP contribution in [0.4, 0.5) is 0 Å². The van der Waals surface area contributed by atoms with Crippen molar-refractivity contribution in [3.05, 3.63) is 28.3 Å². The minimum Gasteiger partial charge on any atom is -0.467 e. The van der Waals surface area contributed by atoms with Gasteiger partial charge in [-0.2, -0.15) is 0 Å². The van der Waals surface area contributed by atoms with Gasteiger partial charge in [-0.15, -0.1) is 0 Å². The maximum Gasteiger partial charge on any atom is 0.227 e. The van der Waals surface area contributed by atoms with E-state index in [9.17, 15) is 4.79 Å². The zero-order chi connectivity index (χ0) is 13.9. The van der Waals surface area contributed by atoms with Gasteiger partial charge in [0.05, 0.1) is 26.2 Å². The number of hydrogen-bond acceptors (Lipinski definition) is 4. The average Bonchev–Trinajstić information content (AvgIpc) is 2.48. The first kappa shape index (κ1) is 13.7. The van der Waals surface area contributed by atoms with Crippen molar-refractivity contribution in [2.24, 2.45) is 0 Å². The summed E-state index contributed by atoms with van der Waals surface area (Å²) in [6, 6.07) is 3.61. The van der Waals surface area contributed by atoms with E-state index >= 15 is 0 Å². The molecule has 0 unspecified atom stereocenters. The average molecular weight is 298 g/mol. The molecule has 108 valence electrons. The summed E-state index contributed by atoms with van der Waals surface area (Å²) >= 11 is 6.10. The molecule has 0 saturated carbocycles. The number of nitrogens with zero attached hydrogens (tertiary/aromatic N) is 1. The highest BCUT2D eigenvalue weighted by molar-refractivity contribution is 6.30. The summed E-state index contributed by atoms with van der Waals surface area (Å²) in [7, 11) is 0. The Hall–Kier alpha value is -1.30. The van der Waals surface area contributed by atoms with E-state index in [0.717, 1.165) is 16.9 Å². The first-order chi connectivity index (χ1) is 9.74. The molecule has 0 N–H and O–H groups in total. The fraction of sp³-hybridized carbons (Fsp3) is 0.500. The number of carbonyl (C=O) groups is 1. The molecule has 3 rings (SSSR count). The lowest BCUT2D eigenvalue weighted by molar-refractivity contribution is -0.134. The van der Waals surface area contributed by atoms with Crippen LogP contribution in [0, 0.1) is 0 Å². The normalized spacial score (nSPS) is 18.4. The Bertz CT molecular complexity index is 514. The molecule has 5 nitrogen and oxygen atoms in total. The van der Waals surface area contributed by atoms with E-state index in [4.69, 9.17) is 25.8 Å². The summed E-state index contributed by atoms with van der Waals surface area (Å²) in [6.07, 6.45) is 0.295. The molecule has 0 radical (unpaired) electrons. The Morgan fingerprint density at radius 2 is 2.05 bits per heavy atom. The van der Waals surface area contributed by atoms with Crippen LogP contribution in [0.5, 0.6) is 5.75 Å². The Labute approximate surface area is 122 Å². The van der Waals surface area contributed by atoms with Crippen molar-refractivity contribution in [3.8, 4) is 5.75 Å². The summed E-state index contributed by atoms with van der Waals surface area (Å²) in [4.78, 5) is 14.1. The first-order valence-corrected chi connectivity index (χ1v) is 6.99. The second-order valence-corrected chi connectivity index (χ2v) is 5.27. The summed E-state index contributed by atoms with van der Waals surface area (Å²) < 4.78 is 16.0. The van der Waals surface area contributed by atoms with Gasteiger partial charge in [0.2, 0.25) is 5.91 Å². The lowest BCUT2D eigenvalue weighted by Gasteiger charge is -2.27. The second-order valence-electron chi connectivity index (χ2n) is 4.83. The topological polar surface area (TPSA) is 48.0 Å². The zero-order valence-corrected chi connectivity index (χ0v) is 11.8. The molecule has 6 heteroatoms. The molecule has 2 heterocycles. The van der Waals surface area contributed by atoms with Gasteiger partial charge in [0.25, 0.3) is 0 Å². The minimum absolute atomic E-state index is 0.0767. The van der Waals surface area contributed by atoms with Crippen LogP contribution in [0.3, 0.4) is 0 Å². The molecule has 20 heavy (non-hydrogen) atoms. The van der Waals surface area contributed by atoms with Gasteiger partial charge >= 0.3 is 0 Å². The third-order valence-corrected chi connectivity index (χ3v) is 3.68. The second kappa shape index (κ2) is 5.99. The van der Waals surface area contributed by atoms with Gasteiger partial charge in [0, 0.05) is 29.2 Å². The standard InChI is InChI=1S/C14H16ClNO4/c15-12-5-10(14-11(6-12)8-19-9-20-14)7-13(17)16-1-3-18-4-2-16/h5-6H,1-4,7-9H2. The number of benzene rings is 1. The van der Waals surface area contributed by atoms with Gasteiger partial charge < -0.3 is 19.1 Å². The van der Waals surface area contributed by atoms with Crippen LogP contribution in [0.15, 0.2) is 12.1 Å². The highest BCUT2D eigenvalue weighted by Gasteiger charge is 2.22. The molecule has 1 aromatic carbocycles. The van der Waals surface area contributed by atoms with Crippen molar-refractivity contribution in [1.82, 2.24) is 4.90 Å². The fourth-order valence-corrected chi connectivity index (χ4v) is 2.74. The fourth-order valence-electron chi connectivity index (χ4n) is 2.48. The predicted molar refractivity (Wildman–Crippen MR) is 72.8 cm³/mol. The predicted octanol–water partition coefficient (Wildman–Crippen LogP) is 1.61. The van der Waals surface area contributed by atoms with Gasteiger partial charge in [-0.25, -0.2) is 0 Å². The van der Waals surface area contributed by atoms with E-state index in [1.165, 1.54) is 0 Å². The van der Waals surface area contributed by atoms with Gasteiger partial charge in [-0.1, -0.05) is 11.6 Å². The molecule has 0 spiro atoms. The Morgan fingerprint density at radius 1 is 1.25 bits per heavy atom. The van der Waals surface area contributed by atoms with Gasteiger partial charge in [-0.05, 0) is 12.1 Å². The maximum absolute atomic E-state index is 12.3. The van der Waals surface area contributed by atoms with Gasteiger partial charge in [0.15, 0.2) is 6.79 Å². The molecule has 2 aliphatic heterocycles. The van der Waals surface area contributed by atoms with Crippen molar-refractivity contribution in [3.63, 3.8) is 0 Å². The number of amides is 1. The summed E-state index contributed by atoms with van der Waals surface area (Å²) in [5.74, 6) is 0.815. The van der Waals surface area contributed by atoms with Crippen LogP contribution in [0.25, 0.3) is 0 Å². The SMILES string of the molecule is O=C(Cc1cc(Cl)cc2c1OCOC2)N1CCOCC1. The number of halogens is 1. The van der Waals surface area contributed by atoms with E-state index in [1.54, 1.807) is 6.07 Å². The Kier molecular flexibility index (Phi) is 4.10. The molecule has 0 aliphatic carbocycles. The molecule has 2 aliphatic rings. The Balaban J connectivity index is 1.79. The third-order valence-electron chi connectivity index (χ3n) is 3.46. The zero-order valence-electron chi connectivity index (χ0n) is 11.1. The molecule has 1 saturated heterocycles. The number of fused-ring (bicyclic) bond motifs is 1. The molecular formula is C14H16ClNO4. The molecule has 0 aromatic heterocycles. The van der Waals surface area contributed by atoms with Crippen molar-refractivity contribution in [2.45, 2.75) is 13.0 Å². The monoisotopic (exact) mass is 297 g/mol. The lowest BCUT2D eigenvalue weighted by atomic mass is 10.0. The number of rotatable bonds is 2. The molecular weight excluding hydrogens is 282 g/mol. The highest BCUT2D eigenvalue weighted by atomic mass is 35.5. The van der Waals surface area contributed by atoms with E-state index in [2.05, 4.69) is 0 Å². The van der Waals surface area contributed by atoms with Crippen molar-refractivity contribution < 1.29 is 19.0 Å². The number of carbonyl (C=O) groups excluding carboxylic acids is 1. The van der Waals surface area contributed by atoms with E-state index in [1.807, 2.05) is 11.0 Å². The van der Waals surface area contributed by atoms with Crippen molar-refractivity contribution >= 4 is 17.5 Å². The lowest BCUT2D eigenvalue weighted by Crippen LogP contribution is -2.41. The van der Waals surface area contributed by atoms with Crippen LogP contribution in [0.1, 0.15) is 11.1 Å². The first-order valence-electron chi connectivity index (χ1n) is 6.61. The highest BCUT2D eigenvalue weighted by Crippen LogP contribution is 2.32. The van der Waals surface area contributed by atoms with E-state index in [-0.39, 0.29) is 12.7 Å². The Morgan fingerprint density at radius 3 is 2.85 bits per heavy atom. The molecule has 0 bridgehead atoms. The quantitative estimate of drug-likeness (QED) is 0.832. The van der Waals surface area contributed by atoms with Gasteiger partial charge in [-0.3, -0.25) is 4.79 Å². The van der Waals surface area contributed by atoms with Crippen LogP contribution in [0.2, 0.25) is 5.02 Å². The number of morpholine rings is 1. The molecule has 1 amide bonds. The van der Waals surface area contributed by atoms with Crippen molar-refractivity contribution in [1.29, 1.82) is 0 Å². The summed E-state index contributed by atoms with van der Waals surface area (Å²) in [5.41, 5.74) is 1.72. The van der Waals surface area contributed by atoms with Crippen LogP contribution in [-0.4, -0.2) is 43.9 Å². The van der Waals surface area contributed by atoms with Crippen LogP contribution < -0.4 is 4.74 Å². The molecule has 1 fully saturated rings. The van der Waals surface area contributed by atoms with Crippen LogP contribution in [-0.2, 0) is 27.3 Å². The van der Waals surface area contributed by atoms with E-state index < -0.39 is 0 Å². The van der Waals surface area contributed by atoms with E-state index in [0.29, 0.717) is 44.4 Å². The maximum atomic E-state index is 12.3. The van der Waals surface area contributed by atoms with Gasteiger partial charge in [0.1, 0.15) is 5.75 Å². The summed E-state index contributed by atoms with van der Waals surface area (Å²) in [5, 5.41) is 0.600. The third kappa shape index (κ3) is 2.90. The molecule has 0 atom stereocenters. The largest absolute Gasteiger partial charge is 0.467 e. The number of ether oxygens (including phenoxy) is 3. The summed E-state index contributed by atoms with van der Waals surface area (Å²) in [6.45, 7) is 3.17. The number of hydrogen-bond donors (Lipinski definition) is 0. The smallest absolute Gasteiger partial charge is 0.227 e. The molecule has 1 aromatic rings. The minimum atomic E-state index is 0.0767.